The van der Waals surface area contributed by atoms with E-state index in [1.165, 1.54) is 10.6 Å². The van der Waals surface area contributed by atoms with Crippen LogP contribution in [-0.4, -0.2) is 40.1 Å². The van der Waals surface area contributed by atoms with Crippen molar-refractivity contribution in [2.24, 2.45) is 4.99 Å². The number of aromatic nitrogens is 1. The fourth-order valence-electron chi connectivity index (χ4n) is 4.74. The molecule has 7 heteroatoms. The van der Waals surface area contributed by atoms with Crippen molar-refractivity contribution in [2.75, 3.05) is 7.11 Å². The van der Waals surface area contributed by atoms with Gasteiger partial charge in [-0.05, 0) is 72.6 Å². The van der Waals surface area contributed by atoms with Crippen LogP contribution in [-0.2, 0) is 28.9 Å². The minimum Gasteiger partial charge on any atom is -0.493 e. The molecule has 3 heterocycles. The van der Waals surface area contributed by atoms with Crippen molar-refractivity contribution in [1.82, 2.24) is 4.57 Å². The van der Waals surface area contributed by atoms with Gasteiger partial charge >= 0.3 is 5.97 Å². The quantitative estimate of drug-likeness (QED) is 0.635. The van der Waals surface area contributed by atoms with Crippen molar-refractivity contribution in [1.29, 1.82) is 0 Å². The normalized spacial score (nSPS) is 17.8. The van der Waals surface area contributed by atoms with Crippen LogP contribution >= 0.6 is 0 Å². The molecular formula is C27H34N2O5. The number of carbonyl (C=O) groups is 1. The van der Waals surface area contributed by atoms with Crippen molar-refractivity contribution < 1.29 is 19.0 Å². The van der Waals surface area contributed by atoms with E-state index in [4.69, 9.17) is 19.2 Å². The van der Waals surface area contributed by atoms with Gasteiger partial charge in [0, 0.05) is 35.4 Å². The molecule has 2 aliphatic heterocycles. The van der Waals surface area contributed by atoms with E-state index in [-0.39, 0.29) is 23.2 Å². The van der Waals surface area contributed by atoms with Gasteiger partial charge in [0.1, 0.15) is 17.7 Å². The molecule has 34 heavy (non-hydrogen) atoms. The molecule has 182 valence electrons. The van der Waals surface area contributed by atoms with Crippen LogP contribution in [0, 0.1) is 0 Å². The molecule has 0 bridgehead atoms. The molecule has 0 N–H and O–H groups in total. The fourth-order valence-corrected chi connectivity index (χ4v) is 4.74. The second-order valence-electron chi connectivity index (χ2n) is 11.4. The molecule has 0 amide bonds. The van der Waals surface area contributed by atoms with Crippen LogP contribution in [0.1, 0.15) is 70.7 Å². The second kappa shape index (κ2) is 8.00. The molecule has 0 fully saturated rings. The van der Waals surface area contributed by atoms with Gasteiger partial charge in [0.2, 0.25) is 0 Å². The Labute approximate surface area is 200 Å². The van der Waals surface area contributed by atoms with Gasteiger partial charge in [0.25, 0.3) is 5.56 Å². The van der Waals surface area contributed by atoms with Gasteiger partial charge in [0.15, 0.2) is 11.5 Å². The molecule has 2 aromatic rings. The monoisotopic (exact) mass is 466 g/mol. The highest BCUT2D eigenvalue weighted by molar-refractivity contribution is 6.16. The maximum absolute atomic E-state index is 12.6. The molecule has 0 atom stereocenters. The fraction of sp³-hybridized carbons (Fsp3) is 0.519. The first-order valence-electron chi connectivity index (χ1n) is 11.6. The Morgan fingerprint density at radius 3 is 2.53 bits per heavy atom. The lowest BCUT2D eigenvalue weighted by Gasteiger charge is -2.31. The first kappa shape index (κ1) is 24.0. The molecule has 0 radical (unpaired) electrons. The Balaban J connectivity index is 1.84. The number of carbonyl (C=O) groups excluding carboxylic acids is 1. The van der Waals surface area contributed by atoms with Crippen LogP contribution in [0.5, 0.6) is 11.5 Å². The summed E-state index contributed by atoms with van der Waals surface area (Å²) in [6, 6.07) is 5.30. The number of ether oxygens (including phenoxy) is 3. The number of nitrogens with zero attached hydrogens (tertiary/aromatic N) is 2. The van der Waals surface area contributed by atoms with Crippen LogP contribution in [0.25, 0.3) is 0 Å². The number of pyridine rings is 1. The molecule has 7 nitrogen and oxygen atoms in total. The SMILES string of the molecule is COc1cc2c(c3c1OC(C)(C)C3)C(c1ccc(=O)n(CC(=O)OC(C)(C)C)c1)=NC(C)(C)C2. The summed E-state index contributed by atoms with van der Waals surface area (Å²) in [5.41, 5.74) is 3.20. The third-order valence-electron chi connectivity index (χ3n) is 5.88. The van der Waals surface area contributed by atoms with Crippen molar-refractivity contribution in [3.8, 4) is 11.5 Å². The Morgan fingerprint density at radius 1 is 1.18 bits per heavy atom. The van der Waals surface area contributed by atoms with Crippen LogP contribution in [0.15, 0.2) is 34.2 Å². The summed E-state index contributed by atoms with van der Waals surface area (Å²) in [7, 11) is 1.66. The van der Waals surface area contributed by atoms with Crippen LogP contribution < -0.4 is 15.0 Å². The highest BCUT2D eigenvalue weighted by Gasteiger charge is 2.39. The lowest BCUT2D eigenvalue weighted by atomic mass is 9.81. The predicted octanol–water partition coefficient (Wildman–Crippen LogP) is 4.08. The average Bonchev–Trinajstić information content (AvgIpc) is 3.01. The van der Waals surface area contributed by atoms with Gasteiger partial charge in [-0.25, -0.2) is 0 Å². The largest absolute Gasteiger partial charge is 0.493 e. The zero-order valence-electron chi connectivity index (χ0n) is 21.4. The minimum absolute atomic E-state index is 0.162. The summed E-state index contributed by atoms with van der Waals surface area (Å²) in [5.74, 6) is 1.02. The van der Waals surface area contributed by atoms with Crippen molar-refractivity contribution in [3.63, 3.8) is 0 Å². The standard InChI is InChI=1S/C27H34N2O5/c1-25(2,3)33-21(31)15-29-14-16(9-10-20(29)30)23-22-17(12-26(4,5)28-23)11-19(32-8)24-18(22)13-27(6,7)34-24/h9-11,14H,12-13,15H2,1-8H3. The lowest BCUT2D eigenvalue weighted by Crippen LogP contribution is -2.33. The van der Waals surface area contributed by atoms with E-state index in [0.29, 0.717) is 0 Å². The molecule has 4 rings (SSSR count). The maximum atomic E-state index is 12.6. The summed E-state index contributed by atoms with van der Waals surface area (Å²) < 4.78 is 18.8. The number of methoxy groups -OCH3 is 1. The predicted molar refractivity (Wildman–Crippen MR) is 131 cm³/mol. The molecule has 1 aromatic heterocycles. The zero-order chi connectivity index (χ0) is 25.1. The smallest absolute Gasteiger partial charge is 0.326 e. The number of rotatable bonds is 4. The van der Waals surface area contributed by atoms with Gasteiger partial charge in [-0.1, -0.05) is 0 Å². The van der Waals surface area contributed by atoms with Crippen molar-refractivity contribution in [2.45, 2.75) is 84.6 Å². The van der Waals surface area contributed by atoms with Gasteiger partial charge in [0.05, 0.1) is 18.4 Å². The molecule has 2 aliphatic rings. The molecule has 0 aliphatic carbocycles. The third kappa shape index (κ3) is 4.74. The second-order valence-corrected chi connectivity index (χ2v) is 11.4. The Kier molecular flexibility index (Phi) is 5.66. The van der Waals surface area contributed by atoms with Crippen LogP contribution in [0.3, 0.4) is 0 Å². The van der Waals surface area contributed by atoms with E-state index in [0.717, 1.165) is 52.3 Å². The number of hydrogen-bond acceptors (Lipinski definition) is 6. The van der Waals surface area contributed by atoms with Gasteiger partial charge in [-0.3, -0.25) is 14.6 Å². The summed E-state index contributed by atoms with van der Waals surface area (Å²) in [6.07, 6.45) is 3.18. The summed E-state index contributed by atoms with van der Waals surface area (Å²) in [6.45, 7) is 13.5. The summed E-state index contributed by atoms with van der Waals surface area (Å²) in [5, 5.41) is 0. The summed E-state index contributed by atoms with van der Waals surface area (Å²) >= 11 is 0. The molecule has 0 saturated heterocycles. The summed E-state index contributed by atoms with van der Waals surface area (Å²) in [4.78, 5) is 30.1. The average molecular weight is 467 g/mol. The Bertz CT molecular complexity index is 1240. The van der Waals surface area contributed by atoms with Gasteiger partial charge < -0.3 is 18.8 Å². The van der Waals surface area contributed by atoms with E-state index in [2.05, 4.69) is 27.7 Å². The van der Waals surface area contributed by atoms with Gasteiger partial charge in [-0.2, -0.15) is 0 Å². The number of hydrogen-bond donors (Lipinski definition) is 0. The van der Waals surface area contributed by atoms with Crippen LogP contribution in [0.4, 0.5) is 0 Å². The van der Waals surface area contributed by atoms with E-state index in [1.807, 2.05) is 6.07 Å². The number of aliphatic imine (C=N–C) groups is 1. The molecule has 0 saturated carbocycles. The van der Waals surface area contributed by atoms with E-state index < -0.39 is 11.6 Å². The van der Waals surface area contributed by atoms with E-state index in [1.54, 1.807) is 40.1 Å². The highest BCUT2D eigenvalue weighted by Crippen LogP contribution is 2.47. The van der Waals surface area contributed by atoms with Crippen molar-refractivity contribution >= 4 is 11.7 Å². The zero-order valence-corrected chi connectivity index (χ0v) is 21.4. The number of esters is 1. The van der Waals surface area contributed by atoms with Crippen molar-refractivity contribution in [3.05, 3.63) is 57.0 Å². The molecule has 0 spiro atoms. The molecule has 1 aromatic carbocycles. The number of benzene rings is 1. The molecular weight excluding hydrogens is 432 g/mol. The Hall–Kier alpha value is -3.09. The Morgan fingerprint density at radius 2 is 1.88 bits per heavy atom. The topological polar surface area (TPSA) is 79.1 Å². The van der Waals surface area contributed by atoms with E-state index >= 15 is 0 Å². The molecule has 0 unspecified atom stereocenters. The van der Waals surface area contributed by atoms with Gasteiger partial charge in [-0.15, -0.1) is 0 Å². The van der Waals surface area contributed by atoms with E-state index in [9.17, 15) is 9.59 Å². The third-order valence-corrected chi connectivity index (χ3v) is 5.88. The number of fused-ring (bicyclic) bond motifs is 3. The highest BCUT2D eigenvalue weighted by atomic mass is 16.6. The maximum Gasteiger partial charge on any atom is 0.326 e. The first-order valence-corrected chi connectivity index (χ1v) is 11.6. The first-order chi connectivity index (χ1) is 15.7. The minimum atomic E-state index is -0.624. The lowest BCUT2D eigenvalue weighted by molar-refractivity contribution is -0.155. The van der Waals surface area contributed by atoms with Crippen LogP contribution in [0.2, 0.25) is 0 Å².